The quantitative estimate of drug-likeness (QED) is 0.389. The van der Waals surface area contributed by atoms with Gasteiger partial charge in [0.2, 0.25) is 11.8 Å². The molecule has 0 spiro atoms. The van der Waals surface area contributed by atoms with Gasteiger partial charge in [-0.2, -0.15) is 4.98 Å². The van der Waals surface area contributed by atoms with E-state index >= 15 is 0 Å². The Bertz CT molecular complexity index is 1160. The summed E-state index contributed by atoms with van der Waals surface area (Å²) >= 11 is 4.87. The zero-order valence-electron chi connectivity index (χ0n) is 15.9. The standard InChI is InChI=1S/C20H17BrN6O2S/c1-13-23-18(29-26-13)11-30-17-5-3-2-4-16(17)19(28)24-20-22-12-27(25-20)10-14-6-8-15(21)9-7-14/h2-9,12H,10-11H2,1H3,(H,24,25,28). The van der Waals surface area contributed by atoms with Crippen molar-refractivity contribution < 1.29 is 9.32 Å². The molecule has 4 rings (SSSR count). The lowest BCUT2D eigenvalue weighted by atomic mass is 10.2. The Kier molecular flexibility index (Phi) is 6.24. The van der Waals surface area contributed by atoms with Crippen LogP contribution >= 0.6 is 27.7 Å². The molecule has 2 aromatic heterocycles. The Labute approximate surface area is 185 Å². The van der Waals surface area contributed by atoms with E-state index in [2.05, 4.69) is 41.5 Å². The van der Waals surface area contributed by atoms with Crippen LogP contribution in [0, 0.1) is 6.92 Å². The number of nitrogens with zero attached hydrogens (tertiary/aromatic N) is 5. The molecule has 0 atom stereocenters. The molecule has 2 heterocycles. The third-order valence-corrected chi connectivity index (χ3v) is 5.66. The smallest absolute Gasteiger partial charge is 0.259 e. The third-order valence-electron chi connectivity index (χ3n) is 4.07. The summed E-state index contributed by atoms with van der Waals surface area (Å²) in [7, 11) is 0. The minimum absolute atomic E-state index is 0.254. The maximum atomic E-state index is 12.8. The number of anilines is 1. The van der Waals surface area contributed by atoms with Gasteiger partial charge in [0.25, 0.3) is 5.91 Å². The van der Waals surface area contributed by atoms with Crippen LogP contribution in [-0.4, -0.2) is 30.8 Å². The van der Waals surface area contributed by atoms with Crippen molar-refractivity contribution in [3.8, 4) is 0 Å². The summed E-state index contributed by atoms with van der Waals surface area (Å²) in [6, 6.07) is 15.3. The molecular weight excluding hydrogens is 468 g/mol. The van der Waals surface area contributed by atoms with Crippen LogP contribution in [0.3, 0.4) is 0 Å². The maximum Gasteiger partial charge on any atom is 0.259 e. The average molecular weight is 485 g/mol. The number of carbonyl (C=O) groups is 1. The first kappa shape index (κ1) is 20.3. The number of aromatic nitrogens is 5. The fourth-order valence-electron chi connectivity index (χ4n) is 2.69. The number of benzene rings is 2. The van der Waals surface area contributed by atoms with Crippen LogP contribution in [0.2, 0.25) is 0 Å². The second-order valence-electron chi connectivity index (χ2n) is 6.37. The van der Waals surface area contributed by atoms with Gasteiger partial charge in [0, 0.05) is 9.37 Å². The lowest BCUT2D eigenvalue weighted by Crippen LogP contribution is -2.14. The van der Waals surface area contributed by atoms with Crippen molar-refractivity contribution >= 4 is 39.5 Å². The Morgan fingerprint density at radius 1 is 1.20 bits per heavy atom. The van der Waals surface area contributed by atoms with Gasteiger partial charge in [0.1, 0.15) is 6.33 Å². The molecule has 0 unspecified atom stereocenters. The first-order valence-electron chi connectivity index (χ1n) is 9.03. The fourth-order valence-corrected chi connectivity index (χ4v) is 3.84. The van der Waals surface area contributed by atoms with Gasteiger partial charge in [0.05, 0.1) is 17.9 Å². The van der Waals surface area contributed by atoms with Crippen molar-refractivity contribution in [3.05, 3.63) is 82.2 Å². The monoisotopic (exact) mass is 484 g/mol. The molecule has 0 aliphatic rings. The van der Waals surface area contributed by atoms with Crippen molar-refractivity contribution in [1.82, 2.24) is 24.9 Å². The fraction of sp³-hybridized carbons (Fsp3) is 0.150. The second-order valence-corrected chi connectivity index (χ2v) is 8.30. The summed E-state index contributed by atoms with van der Waals surface area (Å²) in [4.78, 5) is 22.0. The lowest BCUT2D eigenvalue weighted by Gasteiger charge is -2.07. The molecule has 2 aromatic carbocycles. The number of thioether (sulfide) groups is 1. The highest BCUT2D eigenvalue weighted by Gasteiger charge is 2.15. The number of amides is 1. The number of nitrogens with one attached hydrogen (secondary N) is 1. The Balaban J connectivity index is 1.41. The molecule has 1 N–H and O–H groups in total. The molecule has 152 valence electrons. The van der Waals surface area contributed by atoms with Crippen LogP contribution in [0.25, 0.3) is 0 Å². The average Bonchev–Trinajstić information content (AvgIpc) is 3.37. The predicted molar refractivity (Wildman–Crippen MR) is 116 cm³/mol. The number of halogens is 1. The topological polar surface area (TPSA) is 98.7 Å². The van der Waals surface area contributed by atoms with E-state index in [4.69, 9.17) is 4.52 Å². The molecule has 0 radical (unpaired) electrons. The highest BCUT2D eigenvalue weighted by Crippen LogP contribution is 2.26. The zero-order chi connectivity index (χ0) is 20.9. The molecule has 0 aliphatic heterocycles. The summed E-state index contributed by atoms with van der Waals surface area (Å²) < 4.78 is 7.83. The number of aryl methyl sites for hydroxylation is 1. The van der Waals surface area contributed by atoms with Crippen LogP contribution in [0.15, 0.2) is 68.7 Å². The van der Waals surface area contributed by atoms with Gasteiger partial charge in [-0.3, -0.25) is 10.1 Å². The lowest BCUT2D eigenvalue weighted by molar-refractivity contribution is 0.102. The molecule has 0 aliphatic carbocycles. The molecule has 30 heavy (non-hydrogen) atoms. The van der Waals surface area contributed by atoms with Crippen molar-refractivity contribution in [1.29, 1.82) is 0 Å². The first-order chi connectivity index (χ1) is 14.6. The van der Waals surface area contributed by atoms with Crippen molar-refractivity contribution in [3.63, 3.8) is 0 Å². The van der Waals surface area contributed by atoms with Crippen LogP contribution < -0.4 is 5.32 Å². The van der Waals surface area contributed by atoms with Gasteiger partial charge < -0.3 is 4.52 Å². The minimum Gasteiger partial charge on any atom is -0.338 e. The molecule has 0 saturated carbocycles. The van der Waals surface area contributed by atoms with Crippen LogP contribution in [0.5, 0.6) is 0 Å². The normalized spacial score (nSPS) is 10.9. The molecular formula is C20H17BrN6O2S. The molecule has 0 bridgehead atoms. The summed E-state index contributed by atoms with van der Waals surface area (Å²) in [5.41, 5.74) is 1.61. The summed E-state index contributed by atoms with van der Waals surface area (Å²) in [6.07, 6.45) is 1.59. The SMILES string of the molecule is Cc1noc(CSc2ccccc2C(=O)Nc2ncn(Cc3ccc(Br)cc3)n2)n1. The molecule has 8 nitrogen and oxygen atoms in total. The number of rotatable bonds is 7. The third kappa shape index (κ3) is 5.14. The van der Waals surface area contributed by atoms with Gasteiger partial charge >= 0.3 is 0 Å². The van der Waals surface area contributed by atoms with E-state index in [1.54, 1.807) is 24.0 Å². The predicted octanol–water partition coefficient (Wildman–Crippen LogP) is 4.32. The van der Waals surface area contributed by atoms with Crippen molar-refractivity contribution in [2.45, 2.75) is 24.1 Å². The van der Waals surface area contributed by atoms with Gasteiger partial charge in [-0.15, -0.1) is 16.9 Å². The van der Waals surface area contributed by atoms with Gasteiger partial charge in [-0.25, -0.2) is 9.67 Å². The summed E-state index contributed by atoms with van der Waals surface area (Å²) in [5.74, 6) is 1.55. The summed E-state index contributed by atoms with van der Waals surface area (Å²) in [5, 5.41) is 10.9. The first-order valence-corrected chi connectivity index (χ1v) is 10.8. The van der Waals surface area contributed by atoms with Crippen LogP contribution in [-0.2, 0) is 12.3 Å². The van der Waals surface area contributed by atoms with Gasteiger partial charge in [-0.05, 0) is 36.8 Å². The Hall–Kier alpha value is -2.98. The molecule has 10 heteroatoms. The van der Waals surface area contributed by atoms with Crippen molar-refractivity contribution in [2.75, 3.05) is 5.32 Å². The van der Waals surface area contributed by atoms with E-state index in [1.807, 2.05) is 42.5 Å². The van der Waals surface area contributed by atoms with E-state index in [9.17, 15) is 4.79 Å². The van der Waals surface area contributed by atoms with Gasteiger partial charge in [-0.1, -0.05) is 45.4 Å². The van der Waals surface area contributed by atoms with E-state index in [0.29, 0.717) is 29.6 Å². The highest BCUT2D eigenvalue weighted by molar-refractivity contribution is 9.10. The zero-order valence-corrected chi connectivity index (χ0v) is 18.4. The highest BCUT2D eigenvalue weighted by atomic mass is 79.9. The molecule has 0 fully saturated rings. The number of hydrogen-bond donors (Lipinski definition) is 1. The molecule has 0 saturated heterocycles. The van der Waals surface area contributed by atoms with Crippen LogP contribution in [0.4, 0.5) is 5.95 Å². The van der Waals surface area contributed by atoms with E-state index in [1.165, 1.54) is 11.8 Å². The van der Waals surface area contributed by atoms with E-state index in [0.717, 1.165) is 14.9 Å². The summed E-state index contributed by atoms with van der Waals surface area (Å²) in [6.45, 7) is 2.33. The Morgan fingerprint density at radius 2 is 2.00 bits per heavy atom. The minimum atomic E-state index is -0.277. The van der Waals surface area contributed by atoms with Crippen molar-refractivity contribution in [2.24, 2.45) is 0 Å². The largest absolute Gasteiger partial charge is 0.338 e. The Morgan fingerprint density at radius 3 is 2.77 bits per heavy atom. The van der Waals surface area contributed by atoms with Gasteiger partial charge in [0.15, 0.2) is 5.82 Å². The second kappa shape index (κ2) is 9.23. The number of carbonyl (C=O) groups excluding carboxylic acids is 1. The molecule has 4 aromatic rings. The van der Waals surface area contributed by atoms with Crippen LogP contribution in [0.1, 0.15) is 27.6 Å². The maximum absolute atomic E-state index is 12.8. The number of hydrogen-bond acceptors (Lipinski definition) is 7. The van der Waals surface area contributed by atoms with E-state index < -0.39 is 0 Å². The van der Waals surface area contributed by atoms with E-state index in [-0.39, 0.29) is 11.9 Å². The molecule has 1 amide bonds.